The average molecular weight is 283 g/mol. The van der Waals surface area contributed by atoms with Gasteiger partial charge in [-0.25, -0.2) is 9.78 Å². The molecule has 0 amide bonds. The summed E-state index contributed by atoms with van der Waals surface area (Å²) in [5.74, 6) is 2.68. The first-order valence-electron chi connectivity index (χ1n) is 6.59. The Balaban J connectivity index is 2.07. The molecule has 108 valence electrons. The van der Waals surface area contributed by atoms with Gasteiger partial charge in [0.05, 0.1) is 5.52 Å². The van der Waals surface area contributed by atoms with Gasteiger partial charge in [0.1, 0.15) is 17.0 Å². The Labute approximate surface area is 124 Å². The number of carbonyl (C=O) groups excluding carboxylic acids is 1. The van der Waals surface area contributed by atoms with Crippen LogP contribution in [0.5, 0.6) is 5.75 Å². The molecule has 2 rings (SSSR count). The smallest absolute Gasteiger partial charge is 0.344 e. The van der Waals surface area contributed by atoms with E-state index in [1.807, 2.05) is 32.9 Å². The van der Waals surface area contributed by atoms with E-state index in [4.69, 9.17) is 15.9 Å². The van der Waals surface area contributed by atoms with Crippen LogP contribution in [-0.2, 0) is 9.53 Å². The lowest BCUT2D eigenvalue weighted by atomic mass is 10.2. The number of nitrogens with zero attached hydrogens (tertiary/aromatic N) is 1. The molecule has 0 bridgehead atoms. The fraction of sp³-hybridized carbons (Fsp3) is 0.294. The van der Waals surface area contributed by atoms with E-state index in [0.717, 1.165) is 10.9 Å². The van der Waals surface area contributed by atoms with Crippen LogP contribution in [0.3, 0.4) is 0 Å². The number of terminal acetylenes is 1. The Morgan fingerprint density at radius 1 is 1.29 bits per heavy atom. The highest BCUT2D eigenvalue weighted by Crippen LogP contribution is 2.20. The van der Waals surface area contributed by atoms with Crippen LogP contribution >= 0.6 is 0 Å². The highest BCUT2D eigenvalue weighted by Gasteiger charge is 2.16. The zero-order valence-corrected chi connectivity index (χ0v) is 12.3. The summed E-state index contributed by atoms with van der Waals surface area (Å²) in [6, 6.07) is 9.01. The second-order valence-corrected chi connectivity index (χ2v) is 5.57. The molecule has 0 atom stereocenters. The number of fused-ring (bicyclic) bond motifs is 1. The highest BCUT2D eigenvalue weighted by molar-refractivity contribution is 5.81. The van der Waals surface area contributed by atoms with E-state index < -0.39 is 11.6 Å². The summed E-state index contributed by atoms with van der Waals surface area (Å²) in [6.45, 7) is 5.32. The number of rotatable bonds is 3. The van der Waals surface area contributed by atoms with Crippen molar-refractivity contribution in [1.29, 1.82) is 0 Å². The van der Waals surface area contributed by atoms with Crippen molar-refractivity contribution in [1.82, 2.24) is 4.98 Å². The van der Waals surface area contributed by atoms with E-state index in [9.17, 15) is 4.79 Å². The first-order valence-corrected chi connectivity index (χ1v) is 6.59. The number of carbonyl (C=O) groups is 1. The van der Waals surface area contributed by atoms with E-state index in [0.29, 0.717) is 11.4 Å². The molecule has 1 aromatic carbocycles. The summed E-state index contributed by atoms with van der Waals surface area (Å²) >= 11 is 0. The molecule has 0 unspecified atom stereocenters. The molecule has 1 heterocycles. The fourth-order valence-corrected chi connectivity index (χ4v) is 1.79. The van der Waals surface area contributed by atoms with Crippen LogP contribution in [0.4, 0.5) is 0 Å². The molecule has 0 saturated carbocycles. The van der Waals surface area contributed by atoms with Crippen LogP contribution < -0.4 is 4.74 Å². The summed E-state index contributed by atoms with van der Waals surface area (Å²) < 4.78 is 10.6. The second kappa shape index (κ2) is 5.84. The molecule has 0 aliphatic carbocycles. The third-order valence-corrected chi connectivity index (χ3v) is 2.59. The van der Waals surface area contributed by atoms with Crippen molar-refractivity contribution >= 4 is 16.9 Å². The minimum absolute atomic E-state index is 0.126. The van der Waals surface area contributed by atoms with Gasteiger partial charge in [0, 0.05) is 5.39 Å². The van der Waals surface area contributed by atoms with Crippen molar-refractivity contribution in [3.63, 3.8) is 0 Å². The van der Waals surface area contributed by atoms with Crippen molar-refractivity contribution in [3.8, 4) is 18.1 Å². The van der Waals surface area contributed by atoms with Crippen molar-refractivity contribution in [2.75, 3.05) is 6.61 Å². The molecular weight excluding hydrogens is 266 g/mol. The van der Waals surface area contributed by atoms with Gasteiger partial charge >= 0.3 is 5.97 Å². The van der Waals surface area contributed by atoms with Gasteiger partial charge in [-0.1, -0.05) is 5.92 Å². The van der Waals surface area contributed by atoms with E-state index in [1.54, 1.807) is 18.2 Å². The van der Waals surface area contributed by atoms with Gasteiger partial charge in [0.25, 0.3) is 0 Å². The first-order chi connectivity index (χ1) is 9.87. The summed E-state index contributed by atoms with van der Waals surface area (Å²) in [5.41, 5.74) is 0.860. The molecule has 0 aliphatic rings. The molecule has 0 N–H and O–H groups in total. The maximum Gasteiger partial charge on any atom is 0.344 e. The molecular formula is C17H17NO3. The van der Waals surface area contributed by atoms with Crippen LogP contribution in [0.15, 0.2) is 30.3 Å². The molecule has 0 radical (unpaired) electrons. The van der Waals surface area contributed by atoms with Crippen molar-refractivity contribution in [3.05, 3.63) is 36.0 Å². The Bertz CT molecular complexity index is 708. The molecule has 0 aliphatic heterocycles. The summed E-state index contributed by atoms with van der Waals surface area (Å²) in [5, 5.41) is 0.899. The Hall–Kier alpha value is -2.54. The third kappa shape index (κ3) is 4.22. The molecule has 4 heteroatoms. The molecule has 0 saturated heterocycles. The predicted molar refractivity (Wildman–Crippen MR) is 81.0 cm³/mol. The van der Waals surface area contributed by atoms with Crippen LogP contribution in [0, 0.1) is 12.3 Å². The predicted octanol–water partition coefficient (Wildman–Crippen LogP) is 2.94. The van der Waals surface area contributed by atoms with Crippen LogP contribution in [0.25, 0.3) is 10.9 Å². The van der Waals surface area contributed by atoms with E-state index >= 15 is 0 Å². The Kier molecular flexibility index (Phi) is 4.13. The number of hydrogen-bond acceptors (Lipinski definition) is 4. The minimum Gasteiger partial charge on any atom is -0.482 e. The lowest BCUT2D eigenvalue weighted by molar-refractivity contribution is -0.157. The first kappa shape index (κ1) is 14.9. The van der Waals surface area contributed by atoms with Crippen LogP contribution in [0.2, 0.25) is 0 Å². The van der Waals surface area contributed by atoms with Crippen molar-refractivity contribution < 1.29 is 14.3 Å². The highest BCUT2D eigenvalue weighted by atomic mass is 16.6. The van der Waals surface area contributed by atoms with Gasteiger partial charge in [-0.2, -0.15) is 0 Å². The maximum absolute atomic E-state index is 11.6. The maximum atomic E-state index is 11.6. The number of aromatic nitrogens is 1. The number of pyridine rings is 1. The number of esters is 1. The van der Waals surface area contributed by atoms with E-state index in [1.165, 1.54) is 0 Å². The lowest BCUT2D eigenvalue weighted by Gasteiger charge is -2.19. The molecule has 2 aromatic rings. The quantitative estimate of drug-likeness (QED) is 0.642. The Morgan fingerprint density at radius 3 is 2.71 bits per heavy atom. The van der Waals surface area contributed by atoms with Gasteiger partial charge in [-0.15, -0.1) is 6.42 Å². The van der Waals surface area contributed by atoms with E-state index in [2.05, 4.69) is 10.9 Å². The second-order valence-electron chi connectivity index (χ2n) is 5.57. The molecule has 1 aromatic heterocycles. The lowest BCUT2D eigenvalue weighted by Crippen LogP contribution is -2.27. The summed E-state index contributed by atoms with van der Waals surface area (Å²) in [7, 11) is 0. The number of ether oxygens (including phenoxy) is 2. The van der Waals surface area contributed by atoms with Gasteiger partial charge in [-0.3, -0.25) is 0 Å². The third-order valence-electron chi connectivity index (χ3n) is 2.59. The zero-order valence-electron chi connectivity index (χ0n) is 12.3. The number of hydrogen-bond donors (Lipinski definition) is 0. The minimum atomic E-state index is -0.515. The van der Waals surface area contributed by atoms with Gasteiger partial charge < -0.3 is 9.47 Å². The zero-order chi connectivity index (χ0) is 15.5. The normalized spacial score (nSPS) is 11.0. The monoisotopic (exact) mass is 283 g/mol. The van der Waals surface area contributed by atoms with Gasteiger partial charge in [0.15, 0.2) is 6.61 Å². The average Bonchev–Trinajstić information content (AvgIpc) is 2.42. The molecule has 0 fully saturated rings. The standard InChI is InChI=1S/C17H17NO3/c1-5-13-7-6-12-10-14(8-9-15(12)18-13)20-11-16(19)21-17(2,3)4/h1,6-10H,11H2,2-4H3. The molecule has 0 spiro atoms. The number of benzene rings is 1. The van der Waals surface area contributed by atoms with Crippen LogP contribution in [0.1, 0.15) is 26.5 Å². The molecule has 4 nitrogen and oxygen atoms in total. The van der Waals surface area contributed by atoms with E-state index in [-0.39, 0.29) is 6.61 Å². The van der Waals surface area contributed by atoms with Gasteiger partial charge in [0.2, 0.25) is 0 Å². The van der Waals surface area contributed by atoms with Crippen LogP contribution in [-0.4, -0.2) is 23.2 Å². The summed E-state index contributed by atoms with van der Waals surface area (Å²) in [4.78, 5) is 15.9. The largest absolute Gasteiger partial charge is 0.482 e. The summed E-state index contributed by atoms with van der Waals surface area (Å²) in [6.07, 6.45) is 5.31. The molecule has 21 heavy (non-hydrogen) atoms. The van der Waals surface area contributed by atoms with Crippen molar-refractivity contribution in [2.45, 2.75) is 26.4 Å². The Morgan fingerprint density at radius 2 is 2.05 bits per heavy atom. The van der Waals surface area contributed by atoms with Gasteiger partial charge in [-0.05, 0) is 51.1 Å². The topological polar surface area (TPSA) is 48.4 Å². The SMILES string of the molecule is C#Cc1ccc2cc(OCC(=O)OC(C)(C)C)ccc2n1. The van der Waals surface area contributed by atoms with Crippen molar-refractivity contribution in [2.24, 2.45) is 0 Å². The fourth-order valence-electron chi connectivity index (χ4n) is 1.79.